The van der Waals surface area contributed by atoms with Gasteiger partial charge in [0.2, 0.25) is 0 Å². The number of benzene rings is 7. The van der Waals surface area contributed by atoms with Crippen molar-refractivity contribution in [1.82, 2.24) is 30.1 Å². The van der Waals surface area contributed by atoms with Crippen LogP contribution in [0.4, 0.5) is 0 Å². The van der Waals surface area contributed by atoms with Crippen LogP contribution in [0.25, 0.3) is 11.4 Å². The molecule has 572 valence electrons. The summed E-state index contributed by atoms with van der Waals surface area (Å²) in [5.74, 6) is 0.697. The van der Waals surface area contributed by atoms with Gasteiger partial charge < -0.3 is 54.7 Å². The number of imidazole rings is 1. The fourth-order valence-electron chi connectivity index (χ4n) is 15.9. The molecule has 0 fully saturated rings. The molecule has 27 heteroatoms. The Morgan fingerprint density at radius 3 is 1.32 bits per heavy atom. The van der Waals surface area contributed by atoms with E-state index >= 15 is 0 Å². The lowest BCUT2D eigenvalue weighted by Crippen LogP contribution is -2.36. The summed E-state index contributed by atoms with van der Waals surface area (Å²) < 4.78 is 22.5. The summed E-state index contributed by atoms with van der Waals surface area (Å²) in [7, 11) is -2.33. The molecule has 4 atom stereocenters. The number of carbonyl (C=O) groups is 8. The number of aromatic nitrogens is 3. The Morgan fingerprint density at radius 1 is 0.473 bits per heavy atom. The number of Topliss-reactive ketones (excluding diaryl/α,β-unsaturated/α-hetero) is 8. The van der Waals surface area contributed by atoms with Gasteiger partial charge in [0.1, 0.15) is 46.1 Å². The molecule has 112 heavy (non-hydrogen) atoms. The minimum atomic E-state index is -1.13. The summed E-state index contributed by atoms with van der Waals surface area (Å²) in [6, 6.07) is 44.9. The number of H-pyrrole nitrogens is 1. The number of nitrogens with zero attached hydrogens (tertiary/aromatic N) is 4. The van der Waals surface area contributed by atoms with Gasteiger partial charge in [-0.15, -0.1) is 0 Å². The number of nitrogens with one attached hydrogen (secondary N) is 2. The van der Waals surface area contributed by atoms with Gasteiger partial charge >= 0.3 is 28.5 Å². The van der Waals surface area contributed by atoms with Gasteiger partial charge in [-0.2, -0.15) is 0 Å². The van der Waals surface area contributed by atoms with E-state index in [4.69, 9.17) is 24.4 Å². The summed E-state index contributed by atoms with van der Waals surface area (Å²) in [5.41, 5.74) is 22.0. The van der Waals surface area contributed by atoms with E-state index in [1.165, 1.54) is 49.9 Å². The molecule has 0 radical (unpaired) electrons. The molecule has 7 aromatic carbocycles. The largest absolute Gasteiger partial charge is 0.535 e. The van der Waals surface area contributed by atoms with Gasteiger partial charge in [-0.05, 0) is 152 Å². The van der Waals surface area contributed by atoms with Gasteiger partial charge in [0.25, 0.3) is 0 Å². The van der Waals surface area contributed by atoms with Crippen LogP contribution < -0.4 is 29.7 Å². The lowest BCUT2D eigenvalue weighted by molar-refractivity contribution is -0.119. The van der Waals surface area contributed by atoms with E-state index in [9.17, 15) is 58.5 Å². The molecular formula is C85H89B4N7O16. The predicted octanol–water partition coefficient (Wildman–Crippen LogP) is 10.3. The van der Waals surface area contributed by atoms with E-state index in [2.05, 4.69) is 61.4 Å². The van der Waals surface area contributed by atoms with Crippen LogP contribution in [0, 0.1) is 0 Å². The summed E-state index contributed by atoms with van der Waals surface area (Å²) in [6.45, 7) is 12.5. The first-order valence-corrected chi connectivity index (χ1v) is 38.0. The van der Waals surface area contributed by atoms with Crippen LogP contribution in [0.5, 0.6) is 23.0 Å². The number of rotatable bonds is 21. The Bertz CT molecular complexity index is 5080. The first kappa shape index (κ1) is 79.5. The number of hydrogen-bond donors (Lipinski definition) is 7. The Hall–Kier alpha value is -10.6. The Kier molecular flexibility index (Phi) is 25.1. The van der Waals surface area contributed by atoms with Gasteiger partial charge in [-0.3, -0.25) is 48.2 Å². The Labute approximate surface area is 651 Å². The molecule has 7 aliphatic rings. The van der Waals surface area contributed by atoms with Gasteiger partial charge in [-0.1, -0.05) is 115 Å². The lowest BCUT2D eigenvalue weighted by Gasteiger charge is -2.28. The van der Waals surface area contributed by atoms with E-state index < -0.39 is 28.5 Å². The standard InChI is InChI=1S/C23H27BN2O4.C22H24BNO4.C21H19BN2O4.C19H19BN2O4/c1-15(27)22-4-2-3-17-11-20(24(29)30-23(17)22)12-21(28)10-16-5-6-18-13-26(8-7-25)14-19(18)9-16;1-14(25)21-5-3-4-16-10-19(23(27)28-22(16)21)11-20(26)9-15-6-7-17-12-24(2)13-18(17)8-15;1-13(25)18-4-2-3-16-11-17(22(27)28-20(16)18)12-19(26)14-5-7-15(8-6-14)21-23-9-10-24-21;1-11(23)15-4-2-3-12-7-14(20(25)26-19(12)15)8-18(24)16-6-5-13-9-21-10-17(13)22-16/h2-6,9,20,29H,7-8,10-14,25H2,1H3;3-8,19,27H,9-13H2,1-2H3;2-10,17,27H,11-12H2,1H3,(H,23,24);2-6,14,21,25H,7-10H2,1H3/t20-;19-;17-;14-/m1111/s1. The first-order valence-electron chi connectivity index (χ1n) is 38.0. The fourth-order valence-corrected chi connectivity index (χ4v) is 15.9. The highest BCUT2D eigenvalue weighted by Crippen LogP contribution is 2.42. The minimum Gasteiger partial charge on any atom is -0.535 e. The van der Waals surface area contributed by atoms with Gasteiger partial charge in [0.05, 0.1) is 27.9 Å². The van der Waals surface area contributed by atoms with E-state index in [1.54, 1.807) is 67.0 Å². The van der Waals surface area contributed by atoms with Crippen molar-refractivity contribution in [3.63, 3.8) is 0 Å². The minimum absolute atomic E-state index is 0.0650. The highest BCUT2D eigenvalue weighted by Gasteiger charge is 2.42. The predicted molar refractivity (Wildman–Crippen MR) is 425 cm³/mol. The highest BCUT2D eigenvalue weighted by atomic mass is 16.5. The zero-order valence-corrected chi connectivity index (χ0v) is 63.4. The van der Waals surface area contributed by atoms with Crippen LogP contribution >= 0.6 is 0 Å². The third-order valence-corrected chi connectivity index (χ3v) is 21.7. The zero-order valence-electron chi connectivity index (χ0n) is 63.4. The molecule has 2 aromatic heterocycles. The van der Waals surface area contributed by atoms with Crippen molar-refractivity contribution in [2.45, 2.75) is 154 Å². The van der Waals surface area contributed by atoms with E-state index in [0.717, 1.165) is 95.3 Å². The Morgan fingerprint density at radius 2 is 0.884 bits per heavy atom. The third kappa shape index (κ3) is 18.8. The topological polar surface area (TPSA) is 340 Å². The highest BCUT2D eigenvalue weighted by molar-refractivity contribution is 6.48. The van der Waals surface area contributed by atoms with Crippen molar-refractivity contribution in [2.24, 2.45) is 5.73 Å². The number of hydrogen-bond acceptors (Lipinski definition) is 22. The number of carbonyl (C=O) groups excluding carboxylic acids is 8. The molecule has 0 bridgehead atoms. The Balaban J connectivity index is 0.000000131. The van der Waals surface area contributed by atoms with E-state index in [-0.39, 0.29) is 95.2 Å². The summed E-state index contributed by atoms with van der Waals surface area (Å²) in [5, 5.41) is 44.8. The smallest absolute Gasteiger partial charge is 0.526 e. The van der Waals surface area contributed by atoms with Crippen molar-refractivity contribution in [3.05, 3.63) is 258 Å². The third-order valence-electron chi connectivity index (χ3n) is 21.7. The monoisotopic (exact) mass is 1510 g/mol. The second kappa shape index (κ2) is 35.4. The maximum absolute atomic E-state index is 12.7. The SMILES string of the molecule is CC(=O)c1cccc2c1OB(O)[C@@H](CC(=O)Cc1ccc3c(c1)CN(C)C3)C2.CC(=O)c1cccc2c1OB(O)[C@@H](CC(=O)Cc1ccc3c(c1)CN(CCN)C3)C2.CC(=O)c1cccc2c1OB(O)[C@@H](CC(=O)c1ccc(-c3ncc[nH]3)cc1)C2.CC(=O)c1cccc2c1OB(O)[C@@H](CC(=O)c1ccc3c(n1)CNC3)C2. The van der Waals surface area contributed by atoms with Gasteiger partial charge in [0, 0.05) is 138 Å². The van der Waals surface area contributed by atoms with Crippen molar-refractivity contribution < 1.29 is 77.1 Å². The van der Waals surface area contributed by atoms with Crippen LogP contribution in [0.2, 0.25) is 23.3 Å². The molecule has 0 saturated carbocycles. The molecule has 7 aliphatic heterocycles. The van der Waals surface area contributed by atoms with Crippen molar-refractivity contribution in [1.29, 1.82) is 0 Å². The van der Waals surface area contributed by atoms with Gasteiger partial charge in [0.15, 0.2) is 34.7 Å². The molecule has 9 aromatic rings. The average molecular weight is 1510 g/mol. The number of pyridine rings is 1. The second-order valence-electron chi connectivity index (χ2n) is 30.2. The van der Waals surface area contributed by atoms with Gasteiger partial charge in [-0.25, -0.2) is 9.97 Å². The molecule has 9 heterocycles. The molecule has 0 saturated heterocycles. The molecule has 0 unspecified atom stereocenters. The van der Waals surface area contributed by atoms with Crippen LogP contribution in [0.15, 0.2) is 158 Å². The maximum Gasteiger partial charge on any atom is 0.526 e. The number of fused-ring (bicyclic) bond motifs is 7. The summed E-state index contributed by atoms with van der Waals surface area (Å²) >= 11 is 0. The molecule has 8 N–H and O–H groups in total. The second-order valence-corrected chi connectivity index (χ2v) is 30.2. The number of nitrogens with two attached hydrogens (primary N) is 1. The first-order chi connectivity index (χ1) is 53.9. The molecule has 0 aliphatic carbocycles. The quantitative estimate of drug-likeness (QED) is 0.0260. The normalized spacial score (nSPS) is 17.5. The summed E-state index contributed by atoms with van der Waals surface area (Å²) in [6.07, 6.45) is 6.92. The molecule has 23 nitrogen and oxygen atoms in total. The molecular weight excluding hydrogens is 1420 g/mol. The van der Waals surface area contributed by atoms with Crippen LogP contribution in [-0.2, 0) is 87.4 Å². The van der Waals surface area contributed by atoms with Crippen molar-refractivity contribution in [3.8, 4) is 34.4 Å². The van der Waals surface area contributed by atoms with E-state index in [0.29, 0.717) is 108 Å². The van der Waals surface area contributed by atoms with Crippen LogP contribution in [-0.4, -0.2) is 140 Å². The molecule has 16 rings (SSSR count). The lowest BCUT2D eigenvalue weighted by atomic mass is 9.64. The number of ketones is 8. The average Bonchev–Trinajstić information content (AvgIpc) is 1.65. The maximum atomic E-state index is 12.7. The van der Waals surface area contributed by atoms with E-state index in [1.807, 2.05) is 66.7 Å². The van der Waals surface area contributed by atoms with Crippen molar-refractivity contribution in [2.75, 3.05) is 20.1 Å². The van der Waals surface area contributed by atoms with Crippen LogP contribution in [0.3, 0.4) is 0 Å². The number of para-hydroxylation sites is 4. The summed E-state index contributed by atoms with van der Waals surface area (Å²) in [4.78, 5) is 114. The molecule has 0 amide bonds. The van der Waals surface area contributed by atoms with Crippen molar-refractivity contribution >= 4 is 74.7 Å². The number of aromatic amines is 1. The molecule has 0 spiro atoms. The fraction of sp³-hybridized carbons (Fsp3) is 0.318. The van der Waals surface area contributed by atoms with Crippen LogP contribution in [0.1, 0.15) is 183 Å². The zero-order chi connectivity index (χ0) is 79.0.